The molecule has 1 aromatic heterocycles. The van der Waals surface area contributed by atoms with Gasteiger partial charge in [-0.3, -0.25) is 24.8 Å². The molecule has 19 heavy (non-hydrogen) atoms. The summed E-state index contributed by atoms with van der Waals surface area (Å²) in [5.41, 5.74) is 0. The first-order valence-electron chi connectivity index (χ1n) is 6.16. The molecule has 8 nitrogen and oxygen atoms in total. The van der Waals surface area contributed by atoms with E-state index in [1.165, 1.54) is 0 Å². The lowest BCUT2D eigenvalue weighted by molar-refractivity contribution is -0.134. The van der Waals surface area contributed by atoms with Crippen molar-refractivity contribution in [3.63, 3.8) is 0 Å². The van der Waals surface area contributed by atoms with Crippen molar-refractivity contribution in [1.82, 2.24) is 25.8 Å². The zero-order valence-electron chi connectivity index (χ0n) is 10.5. The van der Waals surface area contributed by atoms with Crippen molar-refractivity contribution >= 4 is 17.7 Å². The highest BCUT2D eigenvalue weighted by atomic mass is 16.2. The van der Waals surface area contributed by atoms with Crippen molar-refractivity contribution in [2.75, 3.05) is 0 Å². The Bertz CT molecular complexity index is 510. The number of carbonyl (C=O) groups excluding carboxylic acids is 3. The van der Waals surface area contributed by atoms with Gasteiger partial charge in [0.2, 0.25) is 17.6 Å². The molecule has 2 heterocycles. The first-order chi connectivity index (χ1) is 9.10. The normalized spacial score (nSPS) is 19.1. The van der Waals surface area contributed by atoms with Crippen molar-refractivity contribution < 1.29 is 14.4 Å². The monoisotopic (exact) mass is 265 g/mol. The molecule has 1 fully saturated rings. The quantitative estimate of drug-likeness (QED) is 0.622. The van der Waals surface area contributed by atoms with Crippen molar-refractivity contribution in [3.05, 3.63) is 11.6 Å². The number of imide groups is 1. The molecule has 102 valence electrons. The second-order valence-corrected chi connectivity index (χ2v) is 4.33. The highest BCUT2D eigenvalue weighted by Crippen LogP contribution is 2.05. The van der Waals surface area contributed by atoms with Gasteiger partial charge in [0, 0.05) is 12.8 Å². The molecule has 0 bridgehead atoms. The van der Waals surface area contributed by atoms with Gasteiger partial charge < -0.3 is 5.32 Å². The Balaban J connectivity index is 1.96. The number of aryl methyl sites for hydroxylation is 1. The second-order valence-electron chi connectivity index (χ2n) is 4.33. The maximum Gasteiger partial charge on any atom is 0.291 e. The van der Waals surface area contributed by atoms with Gasteiger partial charge in [0.15, 0.2) is 0 Å². The van der Waals surface area contributed by atoms with E-state index in [0.29, 0.717) is 18.7 Å². The van der Waals surface area contributed by atoms with Crippen LogP contribution in [0.4, 0.5) is 0 Å². The molecule has 1 aliphatic heterocycles. The summed E-state index contributed by atoms with van der Waals surface area (Å²) in [6, 6.07) is -0.710. The average molecular weight is 265 g/mol. The summed E-state index contributed by atoms with van der Waals surface area (Å²) < 4.78 is 0. The number of hydrogen-bond donors (Lipinski definition) is 3. The van der Waals surface area contributed by atoms with Gasteiger partial charge in [-0.2, -0.15) is 0 Å². The number of nitrogens with one attached hydrogen (secondary N) is 3. The number of aromatic amines is 1. The Morgan fingerprint density at radius 1 is 1.47 bits per heavy atom. The van der Waals surface area contributed by atoms with E-state index >= 15 is 0 Å². The van der Waals surface area contributed by atoms with Gasteiger partial charge in [0.1, 0.15) is 11.9 Å². The molecular weight excluding hydrogens is 250 g/mol. The fraction of sp³-hybridized carbons (Fsp3) is 0.545. The van der Waals surface area contributed by atoms with Crippen LogP contribution in [0.2, 0.25) is 0 Å². The van der Waals surface area contributed by atoms with E-state index < -0.39 is 17.9 Å². The number of rotatable bonds is 4. The third-order valence-electron chi connectivity index (χ3n) is 2.77. The molecule has 3 amide bonds. The molecule has 0 aliphatic carbocycles. The van der Waals surface area contributed by atoms with Gasteiger partial charge >= 0.3 is 0 Å². The molecule has 1 saturated heterocycles. The van der Waals surface area contributed by atoms with Crippen LogP contribution >= 0.6 is 0 Å². The number of carbonyl (C=O) groups is 3. The Kier molecular flexibility index (Phi) is 3.88. The molecule has 1 unspecified atom stereocenters. The second kappa shape index (κ2) is 5.59. The first kappa shape index (κ1) is 13.2. The third kappa shape index (κ3) is 3.15. The predicted molar refractivity (Wildman–Crippen MR) is 64.0 cm³/mol. The highest BCUT2D eigenvalue weighted by molar-refractivity contribution is 6.02. The third-order valence-corrected chi connectivity index (χ3v) is 2.77. The van der Waals surface area contributed by atoms with Crippen LogP contribution in [0, 0.1) is 0 Å². The molecule has 0 aromatic carbocycles. The smallest absolute Gasteiger partial charge is 0.291 e. The van der Waals surface area contributed by atoms with Crippen LogP contribution in [0.3, 0.4) is 0 Å². The van der Waals surface area contributed by atoms with Crippen molar-refractivity contribution in [2.45, 2.75) is 38.6 Å². The van der Waals surface area contributed by atoms with Crippen LogP contribution in [0.25, 0.3) is 0 Å². The van der Waals surface area contributed by atoms with E-state index in [-0.39, 0.29) is 18.2 Å². The number of H-pyrrole nitrogens is 1. The lowest BCUT2D eigenvalue weighted by Crippen LogP contribution is -2.52. The minimum absolute atomic E-state index is 0.00755. The number of piperidine rings is 1. The minimum atomic E-state index is -0.710. The predicted octanol–water partition coefficient (Wildman–Crippen LogP) is -0.708. The fourth-order valence-electron chi connectivity index (χ4n) is 1.80. The van der Waals surface area contributed by atoms with Crippen LogP contribution in [0.15, 0.2) is 0 Å². The van der Waals surface area contributed by atoms with Gasteiger partial charge in [0.25, 0.3) is 5.91 Å². The maximum absolute atomic E-state index is 11.8. The molecular formula is C11H15N5O3. The highest BCUT2D eigenvalue weighted by Gasteiger charge is 2.28. The molecule has 1 aromatic rings. The number of aromatic nitrogens is 3. The Morgan fingerprint density at radius 2 is 2.26 bits per heavy atom. The van der Waals surface area contributed by atoms with Gasteiger partial charge in [-0.1, -0.05) is 6.92 Å². The number of nitrogens with zero attached hydrogens (tertiary/aromatic N) is 2. The summed E-state index contributed by atoms with van der Waals surface area (Å²) >= 11 is 0. The molecule has 2 rings (SSSR count). The zero-order chi connectivity index (χ0) is 13.8. The summed E-state index contributed by atoms with van der Waals surface area (Å²) in [6.07, 6.45) is 2.11. The van der Waals surface area contributed by atoms with E-state index in [1.807, 2.05) is 6.92 Å². The lowest BCUT2D eigenvalue weighted by atomic mass is 10.1. The van der Waals surface area contributed by atoms with Crippen LogP contribution in [0.5, 0.6) is 0 Å². The Hall–Kier alpha value is -2.25. The summed E-state index contributed by atoms with van der Waals surface area (Å²) in [7, 11) is 0. The maximum atomic E-state index is 11.8. The van der Waals surface area contributed by atoms with E-state index in [9.17, 15) is 14.4 Å². The van der Waals surface area contributed by atoms with Crippen molar-refractivity contribution in [3.8, 4) is 0 Å². The van der Waals surface area contributed by atoms with Crippen molar-refractivity contribution in [1.29, 1.82) is 0 Å². The zero-order valence-corrected chi connectivity index (χ0v) is 10.5. The summed E-state index contributed by atoms with van der Waals surface area (Å²) in [6.45, 7) is 1.99. The molecule has 3 N–H and O–H groups in total. The van der Waals surface area contributed by atoms with Crippen LogP contribution in [-0.2, 0) is 16.0 Å². The summed E-state index contributed by atoms with van der Waals surface area (Å²) in [4.78, 5) is 38.3. The van der Waals surface area contributed by atoms with Gasteiger partial charge in [-0.05, 0) is 12.8 Å². The van der Waals surface area contributed by atoms with Gasteiger partial charge in [0.05, 0.1) is 0 Å². The molecule has 0 radical (unpaired) electrons. The lowest BCUT2D eigenvalue weighted by Gasteiger charge is -2.20. The summed E-state index contributed by atoms with van der Waals surface area (Å²) in [5.74, 6) is -0.690. The van der Waals surface area contributed by atoms with Crippen molar-refractivity contribution in [2.24, 2.45) is 0 Å². The standard InChI is InChI=1S/C11H15N5O3/c1-2-3-7-13-9(16-15-7)11(19)12-6-4-5-8(17)14-10(6)18/h6H,2-5H2,1H3,(H,12,19)(H,13,15,16)(H,14,17,18). The van der Waals surface area contributed by atoms with Gasteiger partial charge in [-0.25, -0.2) is 4.98 Å². The topological polar surface area (TPSA) is 117 Å². The fourth-order valence-corrected chi connectivity index (χ4v) is 1.80. The first-order valence-corrected chi connectivity index (χ1v) is 6.16. The SMILES string of the molecule is CCCc1nc(C(=O)NC2CCC(=O)NC2=O)n[nH]1. The molecule has 0 saturated carbocycles. The Morgan fingerprint density at radius 3 is 2.95 bits per heavy atom. The Labute approximate surface area is 109 Å². The van der Waals surface area contributed by atoms with E-state index in [1.54, 1.807) is 0 Å². The molecule has 8 heteroatoms. The van der Waals surface area contributed by atoms with Crippen LogP contribution in [-0.4, -0.2) is 38.9 Å². The van der Waals surface area contributed by atoms with Crippen LogP contribution in [0.1, 0.15) is 42.6 Å². The average Bonchev–Trinajstić information content (AvgIpc) is 2.82. The molecule has 1 atom stereocenters. The van der Waals surface area contributed by atoms with E-state index in [4.69, 9.17) is 0 Å². The minimum Gasteiger partial charge on any atom is -0.337 e. The van der Waals surface area contributed by atoms with Crippen LogP contribution < -0.4 is 10.6 Å². The molecule has 0 spiro atoms. The number of hydrogen-bond acceptors (Lipinski definition) is 5. The molecule has 1 aliphatic rings. The van der Waals surface area contributed by atoms with Gasteiger partial charge in [-0.15, -0.1) is 5.10 Å². The van der Waals surface area contributed by atoms with E-state index in [2.05, 4.69) is 25.8 Å². The number of amides is 3. The van der Waals surface area contributed by atoms with E-state index in [0.717, 1.165) is 6.42 Å². The summed E-state index contributed by atoms with van der Waals surface area (Å²) in [5, 5.41) is 11.1. The largest absolute Gasteiger partial charge is 0.337 e.